The molecule has 12 heteroatoms. The van der Waals surface area contributed by atoms with Crippen molar-refractivity contribution in [1.29, 1.82) is 0 Å². The lowest BCUT2D eigenvalue weighted by molar-refractivity contribution is -0.137. The van der Waals surface area contributed by atoms with Gasteiger partial charge in [0.1, 0.15) is 10.0 Å². The number of piperazine rings is 2. The molecule has 6 nitrogen and oxygen atoms in total. The highest BCUT2D eigenvalue weighted by Gasteiger charge is 2.39. The third-order valence-corrected chi connectivity index (χ3v) is 9.61. The monoisotopic (exact) mass is 506 g/mol. The van der Waals surface area contributed by atoms with Crippen LogP contribution in [0.25, 0.3) is 0 Å². The zero-order chi connectivity index (χ0) is 24.0. The van der Waals surface area contributed by atoms with Crippen molar-refractivity contribution in [3.05, 3.63) is 41.7 Å². The van der Waals surface area contributed by atoms with Crippen LogP contribution in [0.2, 0.25) is 0 Å². The average Bonchev–Trinajstić information content (AvgIpc) is 3.24. The van der Waals surface area contributed by atoms with Gasteiger partial charge in [0.05, 0.1) is 10.6 Å². The first-order valence-electron chi connectivity index (χ1n) is 10.7. The summed E-state index contributed by atoms with van der Waals surface area (Å²) in [5.74, 6) is -0.965. The van der Waals surface area contributed by atoms with Gasteiger partial charge in [-0.05, 0) is 44.2 Å². The van der Waals surface area contributed by atoms with Gasteiger partial charge >= 0.3 is 6.18 Å². The predicted octanol–water partition coefficient (Wildman–Crippen LogP) is 3.60. The van der Waals surface area contributed by atoms with Gasteiger partial charge in [0, 0.05) is 57.0 Å². The molecular weight excluding hydrogens is 480 g/mol. The summed E-state index contributed by atoms with van der Waals surface area (Å²) < 4.78 is 82.0. The summed E-state index contributed by atoms with van der Waals surface area (Å²) in [5.41, 5.74) is -1.20. The minimum Gasteiger partial charge on any atom is -0.368 e. The highest BCUT2D eigenvalue weighted by atomic mass is 32.2. The van der Waals surface area contributed by atoms with E-state index in [0.29, 0.717) is 12.1 Å². The third kappa shape index (κ3) is 4.98. The van der Waals surface area contributed by atoms with E-state index in [1.54, 1.807) is 13.0 Å². The van der Waals surface area contributed by atoms with Crippen LogP contribution in [0.15, 0.2) is 34.5 Å². The molecule has 0 unspecified atom stereocenters. The topological polar surface area (TPSA) is 55.9 Å². The first-order valence-corrected chi connectivity index (χ1v) is 12.9. The fourth-order valence-electron chi connectivity index (χ4n) is 4.39. The Bertz CT molecular complexity index is 1110. The van der Waals surface area contributed by atoms with Gasteiger partial charge in [-0.2, -0.15) is 17.5 Å². The molecule has 0 aliphatic carbocycles. The van der Waals surface area contributed by atoms with Crippen molar-refractivity contribution in [2.45, 2.75) is 36.3 Å². The van der Waals surface area contributed by atoms with Crippen molar-refractivity contribution >= 4 is 32.0 Å². The lowest BCUT2D eigenvalue weighted by atomic mass is 10.1. The van der Waals surface area contributed by atoms with E-state index >= 15 is 0 Å². The molecular formula is C21H26F4N4O2S2. The van der Waals surface area contributed by atoms with E-state index in [9.17, 15) is 26.0 Å². The minimum absolute atomic E-state index is 0.0378. The van der Waals surface area contributed by atoms with Crippen molar-refractivity contribution in [2.75, 3.05) is 49.1 Å². The Kier molecular flexibility index (Phi) is 6.64. The van der Waals surface area contributed by atoms with E-state index in [1.165, 1.54) is 20.5 Å². The molecule has 33 heavy (non-hydrogen) atoms. The SMILES string of the molecule is C[C@@H]1CN(c2ccc(S(=O)(=O)N3CCN(c4ccc(F)cc4C(F)(F)F)C[C@H]3C)s2)CCN1. The largest absolute Gasteiger partial charge is 0.418 e. The molecule has 1 aromatic heterocycles. The number of nitrogens with one attached hydrogen (secondary N) is 1. The van der Waals surface area contributed by atoms with Crippen molar-refractivity contribution < 1.29 is 26.0 Å². The molecule has 0 saturated carbocycles. The number of thiophene rings is 1. The summed E-state index contributed by atoms with van der Waals surface area (Å²) in [6, 6.07) is 5.74. The Morgan fingerprint density at radius 3 is 2.45 bits per heavy atom. The number of anilines is 2. The highest BCUT2D eigenvalue weighted by molar-refractivity contribution is 7.91. The predicted molar refractivity (Wildman–Crippen MR) is 121 cm³/mol. The fraction of sp³-hybridized carbons (Fsp3) is 0.524. The Morgan fingerprint density at radius 2 is 1.79 bits per heavy atom. The van der Waals surface area contributed by atoms with Crippen molar-refractivity contribution in [3.8, 4) is 0 Å². The number of hydrogen-bond donors (Lipinski definition) is 1. The molecule has 0 amide bonds. The van der Waals surface area contributed by atoms with Crippen LogP contribution in [0.1, 0.15) is 19.4 Å². The van der Waals surface area contributed by atoms with Gasteiger partial charge in [0.15, 0.2) is 0 Å². The molecule has 1 aromatic carbocycles. The second-order valence-corrected chi connectivity index (χ2v) is 11.6. The number of sulfonamides is 1. The molecule has 2 atom stereocenters. The highest BCUT2D eigenvalue weighted by Crippen LogP contribution is 2.39. The maximum atomic E-state index is 13.5. The van der Waals surface area contributed by atoms with Crippen LogP contribution < -0.4 is 15.1 Å². The van der Waals surface area contributed by atoms with E-state index in [2.05, 4.69) is 17.1 Å². The number of rotatable bonds is 4. The quantitative estimate of drug-likeness (QED) is 0.643. The van der Waals surface area contributed by atoms with Crippen LogP contribution in [0.4, 0.5) is 28.3 Å². The van der Waals surface area contributed by atoms with Crippen molar-refractivity contribution in [1.82, 2.24) is 9.62 Å². The second-order valence-electron chi connectivity index (χ2n) is 8.46. The Morgan fingerprint density at radius 1 is 1.03 bits per heavy atom. The smallest absolute Gasteiger partial charge is 0.368 e. The molecule has 1 N–H and O–H groups in total. The minimum atomic E-state index is -4.71. The van der Waals surface area contributed by atoms with E-state index in [0.717, 1.165) is 36.8 Å². The number of hydrogen-bond acceptors (Lipinski definition) is 6. The van der Waals surface area contributed by atoms with Crippen LogP contribution >= 0.6 is 11.3 Å². The summed E-state index contributed by atoms with van der Waals surface area (Å²) in [5, 5.41) is 4.23. The molecule has 2 aliphatic rings. The van der Waals surface area contributed by atoms with Crippen LogP contribution in [0.5, 0.6) is 0 Å². The van der Waals surface area contributed by atoms with E-state index < -0.39 is 33.6 Å². The number of halogens is 4. The fourth-order valence-corrected chi connectivity index (χ4v) is 7.47. The lowest BCUT2D eigenvalue weighted by Crippen LogP contribution is -2.54. The summed E-state index contributed by atoms with van der Waals surface area (Å²) in [6.07, 6.45) is -4.71. The van der Waals surface area contributed by atoms with Crippen molar-refractivity contribution in [2.24, 2.45) is 0 Å². The van der Waals surface area contributed by atoms with Gasteiger partial charge in [-0.15, -0.1) is 11.3 Å². The molecule has 0 spiro atoms. The lowest BCUT2D eigenvalue weighted by Gasteiger charge is -2.40. The van der Waals surface area contributed by atoms with Gasteiger partial charge in [-0.3, -0.25) is 0 Å². The molecule has 3 heterocycles. The Balaban J connectivity index is 1.52. The summed E-state index contributed by atoms with van der Waals surface area (Å²) in [6.45, 7) is 6.33. The number of benzene rings is 1. The summed E-state index contributed by atoms with van der Waals surface area (Å²) in [4.78, 5) is 3.63. The molecule has 2 aliphatic heterocycles. The molecule has 0 radical (unpaired) electrons. The molecule has 2 aromatic rings. The normalized spacial score (nSPS) is 23.2. The maximum Gasteiger partial charge on any atom is 0.418 e. The Labute approximate surface area is 194 Å². The number of nitrogens with zero attached hydrogens (tertiary/aromatic N) is 3. The Hall–Kier alpha value is -1.89. The average molecular weight is 507 g/mol. The van der Waals surface area contributed by atoms with Gasteiger partial charge < -0.3 is 15.1 Å². The first kappa shape index (κ1) is 24.2. The van der Waals surface area contributed by atoms with Crippen molar-refractivity contribution in [3.63, 3.8) is 0 Å². The van der Waals surface area contributed by atoms with Crippen LogP contribution in [0, 0.1) is 5.82 Å². The zero-order valence-electron chi connectivity index (χ0n) is 18.3. The number of alkyl halides is 3. The molecule has 4 rings (SSSR count). The van der Waals surface area contributed by atoms with E-state index in [1.807, 2.05) is 6.07 Å². The summed E-state index contributed by atoms with van der Waals surface area (Å²) >= 11 is 1.21. The molecule has 182 valence electrons. The van der Waals surface area contributed by atoms with Gasteiger partial charge in [-0.25, -0.2) is 12.8 Å². The standard InChI is InChI=1S/C21H26F4N4O2S2/c1-14-12-28(8-7-26-14)19-5-6-20(32-19)33(30,31)29-10-9-27(13-15(29)2)18-4-3-16(22)11-17(18)21(23,24)25/h3-6,11,14-15,26H,7-10,12-13H2,1-2H3/t14-,15-/m1/s1. The third-order valence-electron chi connectivity index (χ3n) is 5.98. The second kappa shape index (κ2) is 9.05. The van der Waals surface area contributed by atoms with Crippen LogP contribution in [-0.2, 0) is 16.2 Å². The molecule has 2 fully saturated rings. The van der Waals surface area contributed by atoms with Crippen LogP contribution in [0.3, 0.4) is 0 Å². The zero-order valence-corrected chi connectivity index (χ0v) is 19.9. The molecule has 2 saturated heterocycles. The molecule has 0 bridgehead atoms. The van der Waals surface area contributed by atoms with Gasteiger partial charge in [0.2, 0.25) is 0 Å². The van der Waals surface area contributed by atoms with Crippen LogP contribution in [-0.4, -0.2) is 64.1 Å². The van der Waals surface area contributed by atoms with Gasteiger partial charge in [0.25, 0.3) is 10.0 Å². The van der Waals surface area contributed by atoms with Gasteiger partial charge in [-0.1, -0.05) is 0 Å². The first-order chi connectivity index (χ1) is 15.5. The summed E-state index contributed by atoms with van der Waals surface area (Å²) in [7, 11) is -3.79. The van der Waals surface area contributed by atoms with E-state index in [-0.39, 0.29) is 29.5 Å². The maximum absolute atomic E-state index is 13.5. The van der Waals surface area contributed by atoms with E-state index in [4.69, 9.17) is 0 Å².